The van der Waals surface area contributed by atoms with Gasteiger partial charge in [-0.15, -0.1) is 6.42 Å². The fourth-order valence-corrected chi connectivity index (χ4v) is 2.38. The Labute approximate surface area is 97.9 Å². The van der Waals surface area contributed by atoms with Crippen molar-refractivity contribution in [1.82, 2.24) is 5.32 Å². The van der Waals surface area contributed by atoms with Crippen LogP contribution in [0.5, 0.6) is 0 Å². The molecule has 0 spiro atoms. The topological polar surface area (TPSA) is 38.3 Å². The van der Waals surface area contributed by atoms with E-state index in [9.17, 15) is 4.79 Å². The Bertz CT molecular complexity index is 282. The van der Waals surface area contributed by atoms with Gasteiger partial charge in [0.1, 0.15) is 5.54 Å². The molecule has 3 heteroatoms. The summed E-state index contributed by atoms with van der Waals surface area (Å²) in [4.78, 5) is 11.9. The van der Waals surface area contributed by atoms with Gasteiger partial charge in [0.15, 0.2) is 0 Å². The van der Waals surface area contributed by atoms with E-state index in [1.807, 2.05) is 0 Å². The third-order valence-corrected chi connectivity index (χ3v) is 3.47. The van der Waals surface area contributed by atoms with Crippen molar-refractivity contribution in [3.8, 4) is 12.3 Å². The molecular formula is C13H21NO2. The number of nitrogens with one attached hydrogen (secondary N) is 1. The second kappa shape index (κ2) is 5.91. The van der Waals surface area contributed by atoms with Crippen molar-refractivity contribution in [1.29, 1.82) is 0 Å². The average molecular weight is 223 g/mol. The van der Waals surface area contributed by atoms with E-state index in [0.29, 0.717) is 12.5 Å². The first-order chi connectivity index (χ1) is 7.64. The molecule has 1 saturated carbocycles. The summed E-state index contributed by atoms with van der Waals surface area (Å²) in [5, 5.41) is 3.19. The van der Waals surface area contributed by atoms with E-state index in [-0.39, 0.29) is 5.97 Å². The molecule has 3 nitrogen and oxygen atoms in total. The van der Waals surface area contributed by atoms with Crippen LogP contribution in [0.4, 0.5) is 0 Å². The van der Waals surface area contributed by atoms with Gasteiger partial charge in [0.05, 0.1) is 13.7 Å². The Balaban J connectivity index is 2.77. The summed E-state index contributed by atoms with van der Waals surface area (Å²) < 4.78 is 4.91. The van der Waals surface area contributed by atoms with Gasteiger partial charge in [-0.3, -0.25) is 10.1 Å². The monoisotopic (exact) mass is 223 g/mol. The quantitative estimate of drug-likeness (QED) is 0.450. The molecule has 0 amide bonds. The molecule has 0 aromatic heterocycles. The van der Waals surface area contributed by atoms with E-state index in [0.717, 1.165) is 25.7 Å². The summed E-state index contributed by atoms with van der Waals surface area (Å²) in [6.45, 7) is 2.65. The van der Waals surface area contributed by atoms with Gasteiger partial charge in [0.2, 0.25) is 0 Å². The maximum absolute atomic E-state index is 11.9. The molecule has 0 bridgehead atoms. The van der Waals surface area contributed by atoms with E-state index < -0.39 is 5.54 Å². The fraction of sp³-hybridized carbons (Fsp3) is 0.769. The third-order valence-electron chi connectivity index (χ3n) is 3.47. The molecule has 1 N–H and O–H groups in total. The fourth-order valence-electron chi connectivity index (χ4n) is 2.38. The van der Waals surface area contributed by atoms with Crippen LogP contribution in [0, 0.1) is 18.3 Å². The second-order valence-electron chi connectivity index (χ2n) is 4.67. The maximum Gasteiger partial charge on any atom is 0.326 e. The molecule has 0 heterocycles. The van der Waals surface area contributed by atoms with Gasteiger partial charge in [-0.25, -0.2) is 0 Å². The summed E-state index contributed by atoms with van der Waals surface area (Å²) in [7, 11) is 1.44. The predicted molar refractivity (Wildman–Crippen MR) is 63.8 cm³/mol. The minimum Gasteiger partial charge on any atom is -0.468 e. The highest BCUT2D eigenvalue weighted by molar-refractivity contribution is 5.80. The lowest BCUT2D eigenvalue weighted by molar-refractivity contribution is -0.149. The van der Waals surface area contributed by atoms with Gasteiger partial charge >= 0.3 is 5.97 Å². The minimum absolute atomic E-state index is 0.170. The van der Waals surface area contributed by atoms with Gasteiger partial charge in [0.25, 0.3) is 0 Å². The zero-order valence-corrected chi connectivity index (χ0v) is 10.2. The largest absolute Gasteiger partial charge is 0.468 e. The van der Waals surface area contributed by atoms with E-state index in [1.54, 1.807) is 0 Å². The Morgan fingerprint density at radius 1 is 1.56 bits per heavy atom. The van der Waals surface area contributed by atoms with Gasteiger partial charge in [0, 0.05) is 0 Å². The van der Waals surface area contributed by atoms with Crippen LogP contribution in [0.2, 0.25) is 0 Å². The van der Waals surface area contributed by atoms with E-state index in [4.69, 9.17) is 11.2 Å². The molecule has 1 aliphatic rings. The van der Waals surface area contributed by atoms with E-state index in [2.05, 4.69) is 18.2 Å². The van der Waals surface area contributed by atoms with E-state index >= 15 is 0 Å². The lowest BCUT2D eigenvalue weighted by Gasteiger charge is -2.30. The molecule has 2 unspecified atom stereocenters. The molecule has 0 aromatic rings. The summed E-state index contributed by atoms with van der Waals surface area (Å²) in [6.07, 6.45) is 10.2. The highest BCUT2D eigenvalue weighted by Gasteiger charge is 2.39. The summed E-state index contributed by atoms with van der Waals surface area (Å²) >= 11 is 0. The van der Waals surface area contributed by atoms with Crippen LogP contribution >= 0.6 is 0 Å². The first-order valence-electron chi connectivity index (χ1n) is 5.91. The highest BCUT2D eigenvalue weighted by Crippen LogP contribution is 2.31. The summed E-state index contributed by atoms with van der Waals surface area (Å²) in [5.74, 6) is 3.04. The Morgan fingerprint density at radius 2 is 2.31 bits per heavy atom. The zero-order chi connectivity index (χ0) is 12.0. The second-order valence-corrected chi connectivity index (χ2v) is 4.67. The highest BCUT2D eigenvalue weighted by atomic mass is 16.5. The van der Waals surface area contributed by atoms with Crippen LogP contribution in [-0.4, -0.2) is 25.2 Å². The summed E-state index contributed by atoms with van der Waals surface area (Å²) in [6, 6.07) is 0. The average Bonchev–Trinajstić information content (AvgIpc) is 2.49. The normalized spacial score (nSPS) is 30.2. The number of esters is 1. The third kappa shape index (κ3) is 2.99. The number of hydrogen-bond donors (Lipinski definition) is 1. The Kier molecular flexibility index (Phi) is 4.82. The molecule has 1 fully saturated rings. The van der Waals surface area contributed by atoms with Crippen LogP contribution in [0.3, 0.4) is 0 Å². The first kappa shape index (κ1) is 13.1. The number of methoxy groups -OCH3 is 1. The SMILES string of the molecule is C#CCNC1(C(=O)OC)CCCC(C)CC1. The number of hydrogen-bond acceptors (Lipinski definition) is 3. The number of rotatable bonds is 3. The van der Waals surface area contributed by atoms with Crippen molar-refractivity contribution < 1.29 is 9.53 Å². The van der Waals surface area contributed by atoms with Crippen molar-refractivity contribution >= 4 is 5.97 Å². The Hall–Kier alpha value is -1.01. The van der Waals surface area contributed by atoms with Crippen molar-refractivity contribution in [2.75, 3.05) is 13.7 Å². The molecule has 0 saturated heterocycles. The van der Waals surface area contributed by atoms with Crippen LogP contribution in [0.25, 0.3) is 0 Å². The van der Waals surface area contributed by atoms with Gasteiger partial charge < -0.3 is 4.74 Å². The Morgan fingerprint density at radius 3 is 2.94 bits per heavy atom. The number of carbonyl (C=O) groups excluding carboxylic acids is 1. The predicted octanol–water partition coefficient (Wildman–Crippen LogP) is 1.72. The first-order valence-corrected chi connectivity index (χ1v) is 5.91. The van der Waals surface area contributed by atoms with Gasteiger partial charge in [-0.05, 0) is 25.2 Å². The standard InChI is InChI=1S/C13H21NO2/c1-4-10-14-13(12(15)16-3)8-5-6-11(2)7-9-13/h1,11,14H,5-10H2,2-3H3. The number of carbonyl (C=O) groups is 1. The molecule has 0 aromatic carbocycles. The number of terminal acetylenes is 1. The molecule has 0 aliphatic heterocycles. The molecule has 2 atom stereocenters. The summed E-state index contributed by atoms with van der Waals surface area (Å²) in [5.41, 5.74) is -0.550. The lowest BCUT2D eigenvalue weighted by Crippen LogP contribution is -2.52. The number of ether oxygens (including phenoxy) is 1. The zero-order valence-electron chi connectivity index (χ0n) is 10.2. The van der Waals surface area contributed by atoms with Crippen molar-refractivity contribution in [2.45, 2.75) is 44.6 Å². The molecule has 0 radical (unpaired) electrons. The lowest BCUT2D eigenvalue weighted by atomic mass is 9.89. The molecular weight excluding hydrogens is 202 g/mol. The minimum atomic E-state index is -0.550. The van der Waals surface area contributed by atoms with Crippen LogP contribution in [0.15, 0.2) is 0 Å². The molecule has 16 heavy (non-hydrogen) atoms. The maximum atomic E-state index is 11.9. The van der Waals surface area contributed by atoms with Crippen LogP contribution in [-0.2, 0) is 9.53 Å². The molecule has 1 aliphatic carbocycles. The van der Waals surface area contributed by atoms with Gasteiger partial charge in [-0.1, -0.05) is 25.7 Å². The van der Waals surface area contributed by atoms with Crippen LogP contribution in [0.1, 0.15) is 39.0 Å². The molecule has 90 valence electrons. The van der Waals surface area contributed by atoms with Crippen LogP contribution < -0.4 is 5.32 Å². The smallest absolute Gasteiger partial charge is 0.326 e. The van der Waals surface area contributed by atoms with Gasteiger partial charge in [-0.2, -0.15) is 0 Å². The van der Waals surface area contributed by atoms with Crippen molar-refractivity contribution in [3.63, 3.8) is 0 Å². The van der Waals surface area contributed by atoms with Crippen molar-refractivity contribution in [3.05, 3.63) is 0 Å². The molecule has 1 rings (SSSR count). The van der Waals surface area contributed by atoms with E-state index in [1.165, 1.54) is 13.5 Å². The van der Waals surface area contributed by atoms with Crippen molar-refractivity contribution in [2.24, 2.45) is 5.92 Å².